The molecule has 0 spiro atoms. The van der Waals surface area contributed by atoms with Gasteiger partial charge in [-0.15, -0.1) is 0 Å². The van der Waals surface area contributed by atoms with Gasteiger partial charge in [-0.1, -0.05) is 23.2 Å². The first kappa shape index (κ1) is 17.2. The van der Waals surface area contributed by atoms with Crippen LogP contribution in [0.3, 0.4) is 0 Å². The molecule has 2 aromatic rings. The van der Waals surface area contributed by atoms with E-state index in [9.17, 15) is 9.59 Å². The molecule has 1 N–H and O–H groups in total. The summed E-state index contributed by atoms with van der Waals surface area (Å²) in [5.41, 5.74) is 1.07. The predicted octanol–water partition coefficient (Wildman–Crippen LogP) is 3.28. The average Bonchev–Trinajstić information content (AvgIpc) is 2.50. The molecule has 120 valence electrons. The minimum Gasteiger partial charge on any atom is -0.448 e. The lowest BCUT2D eigenvalue weighted by molar-refractivity contribution is -0.123. The Morgan fingerprint density at radius 2 is 1.96 bits per heavy atom. The van der Waals surface area contributed by atoms with Crippen molar-refractivity contribution >= 4 is 40.8 Å². The number of aryl methyl sites for hydroxylation is 1. The van der Waals surface area contributed by atoms with Crippen molar-refractivity contribution in [2.45, 2.75) is 20.0 Å². The Kier molecular flexibility index (Phi) is 5.52. The van der Waals surface area contributed by atoms with Crippen LogP contribution < -0.4 is 5.32 Å². The largest absolute Gasteiger partial charge is 0.448 e. The molecular formula is C15H13Cl2N3O3. The molecule has 1 atom stereocenters. The summed E-state index contributed by atoms with van der Waals surface area (Å²) in [7, 11) is 0. The first-order valence-corrected chi connectivity index (χ1v) is 7.38. The molecule has 1 heterocycles. The molecule has 0 aliphatic heterocycles. The molecular weight excluding hydrogens is 341 g/mol. The molecule has 1 aromatic heterocycles. The van der Waals surface area contributed by atoms with E-state index in [1.54, 1.807) is 19.1 Å². The van der Waals surface area contributed by atoms with E-state index in [0.717, 1.165) is 0 Å². The third-order valence-corrected chi connectivity index (χ3v) is 3.38. The Balaban J connectivity index is 1.99. The van der Waals surface area contributed by atoms with Gasteiger partial charge >= 0.3 is 5.97 Å². The number of hydrogen-bond acceptors (Lipinski definition) is 5. The maximum absolute atomic E-state index is 12.1. The molecule has 8 heteroatoms. The lowest BCUT2D eigenvalue weighted by Gasteiger charge is -2.14. The van der Waals surface area contributed by atoms with Gasteiger partial charge in [0.1, 0.15) is 0 Å². The zero-order valence-electron chi connectivity index (χ0n) is 12.3. The minimum absolute atomic E-state index is 0.0276. The molecule has 1 aromatic carbocycles. The smallest absolute Gasteiger partial charge is 0.359 e. The number of amides is 1. The van der Waals surface area contributed by atoms with Crippen molar-refractivity contribution in [2.75, 3.05) is 5.32 Å². The summed E-state index contributed by atoms with van der Waals surface area (Å²) in [6.45, 7) is 3.19. The molecule has 0 saturated heterocycles. The number of ether oxygens (including phenoxy) is 1. The second-order valence-electron chi connectivity index (χ2n) is 4.70. The van der Waals surface area contributed by atoms with Crippen molar-refractivity contribution in [3.63, 3.8) is 0 Å². The molecule has 0 fully saturated rings. The monoisotopic (exact) mass is 353 g/mol. The van der Waals surface area contributed by atoms with Crippen molar-refractivity contribution in [1.29, 1.82) is 0 Å². The number of nitrogens with zero attached hydrogens (tertiary/aromatic N) is 2. The first-order valence-electron chi connectivity index (χ1n) is 6.62. The highest BCUT2D eigenvalue weighted by atomic mass is 35.5. The summed E-state index contributed by atoms with van der Waals surface area (Å²) in [6.07, 6.45) is 1.70. The summed E-state index contributed by atoms with van der Waals surface area (Å²) in [5, 5.41) is 3.30. The Bertz CT molecular complexity index is 735. The van der Waals surface area contributed by atoms with E-state index in [4.69, 9.17) is 27.9 Å². The number of halogens is 2. The van der Waals surface area contributed by atoms with E-state index in [1.165, 1.54) is 25.4 Å². The Morgan fingerprint density at radius 3 is 2.57 bits per heavy atom. The number of hydrogen-bond donors (Lipinski definition) is 1. The van der Waals surface area contributed by atoms with Gasteiger partial charge in [0.25, 0.3) is 5.91 Å². The normalized spacial score (nSPS) is 11.7. The van der Waals surface area contributed by atoms with E-state index < -0.39 is 18.0 Å². The minimum atomic E-state index is -1.03. The van der Waals surface area contributed by atoms with E-state index in [0.29, 0.717) is 16.4 Å². The van der Waals surface area contributed by atoms with Crippen LogP contribution in [0.25, 0.3) is 0 Å². The molecule has 0 bridgehead atoms. The van der Waals surface area contributed by atoms with Crippen LogP contribution in [-0.2, 0) is 9.53 Å². The molecule has 0 aliphatic rings. The van der Waals surface area contributed by atoms with Crippen molar-refractivity contribution in [1.82, 2.24) is 9.97 Å². The quantitative estimate of drug-likeness (QED) is 0.853. The summed E-state index contributed by atoms with van der Waals surface area (Å²) in [6, 6.07) is 4.64. The second-order valence-corrected chi connectivity index (χ2v) is 5.55. The van der Waals surface area contributed by atoms with E-state index in [-0.39, 0.29) is 10.7 Å². The van der Waals surface area contributed by atoms with Gasteiger partial charge < -0.3 is 10.1 Å². The molecule has 6 nitrogen and oxygen atoms in total. The topological polar surface area (TPSA) is 81.2 Å². The van der Waals surface area contributed by atoms with Gasteiger partial charge in [0.15, 0.2) is 11.8 Å². The molecule has 2 rings (SSSR count). The van der Waals surface area contributed by atoms with Crippen molar-refractivity contribution in [3.05, 3.63) is 52.0 Å². The third kappa shape index (κ3) is 4.64. The van der Waals surface area contributed by atoms with Gasteiger partial charge in [-0.25, -0.2) is 9.78 Å². The fourth-order valence-electron chi connectivity index (χ4n) is 1.60. The Labute approximate surface area is 142 Å². The molecule has 23 heavy (non-hydrogen) atoms. The third-order valence-electron chi connectivity index (χ3n) is 2.83. The lowest BCUT2D eigenvalue weighted by Crippen LogP contribution is -2.30. The predicted molar refractivity (Wildman–Crippen MR) is 86.7 cm³/mol. The van der Waals surface area contributed by atoms with E-state index in [2.05, 4.69) is 15.3 Å². The summed E-state index contributed by atoms with van der Waals surface area (Å²) < 4.78 is 5.05. The summed E-state index contributed by atoms with van der Waals surface area (Å²) in [4.78, 5) is 31.8. The van der Waals surface area contributed by atoms with Crippen LogP contribution in [-0.4, -0.2) is 27.9 Å². The van der Waals surface area contributed by atoms with Crippen LogP contribution in [0.5, 0.6) is 0 Å². The highest BCUT2D eigenvalue weighted by Gasteiger charge is 2.20. The van der Waals surface area contributed by atoms with Crippen LogP contribution in [0.15, 0.2) is 30.6 Å². The van der Waals surface area contributed by atoms with Crippen molar-refractivity contribution in [3.8, 4) is 0 Å². The van der Waals surface area contributed by atoms with Gasteiger partial charge in [-0.3, -0.25) is 9.78 Å². The fourth-order valence-corrected chi connectivity index (χ4v) is 2.05. The lowest BCUT2D eigenvalue weighted by atomic mass is 10.3. The molecule has 0 saturated carbocycles. The number of nitrogens with one attached hydrogen (secondary N) is 1. The molecule has 0 radical (unpaired) electrons. The molecule has 0 aliphatic carbocycles. The van der Waals surface area contributed by atoms with E-state index >= 15 is 0 Å². The van der Waals surface area contributed by atoms with Gasteiger partial charge in [0, 0.05) is 11.2 Å². The number of carbonyl (C=O) groups is 2. The van der Waals surface area contributed by atoms with Crippen LogP contribution >= 0.6 is 23.2 Å². The average molecular weight is 354 g/mol. The maximum atomic E-state index is 12.1. The number of benzene rings is 1. The van der Waals surface area contributed by atoms with Gasteiger partial charge in [0.05, 0.1) is 22.6 Å². The maximum Gasteiger partial charge on any atom is 0.359 e. The van der Waals surface area contributed by atoms with Gasteiger partial charge in [0.2, 0.25) is 0 Å². The summed E-state index contributed by atoms with van der Waals surface area (Å²) in [5.74, 6) is -1.26. The summed E-state index contributed by atoms with van der Waals surface area (Å²) >= 11 is 11.8. The standard InChI is InChI=1S/C15H13Cl2N3O3/c1-8-6-19-13(7-18-8)15(22)23-9(2)14(21)20-12-4-3-10(16)5-11(12)17/h3-7,9H,1-2H3,(H,20,21)/t9-/m0/s1. The highest BCUT2D eigenvalue weighted by Crippen LogP contribution is 2.25. The second kappa shape index (κ2) is 7.39. The SMILES string of the molecule is Cc1cnc(C(=O)O[C@@H](C)C(=O)Nc2ccc(Cl)cc2Cl)cn1. The van der Waals surface area contributed by atoms with Crippen molar-refractivity contribution < 1.29 is 14.3 Å². The highest BCUT2D eigenvalue weighted by molar-refractivity contribution is 6.36. The van der Waals surface area contributed by atoms with Gasteiger partial charge in [-0.05, 0) is 32.0 Å². The van der Waals surface area contributed by atoms with Gasteiger partial charge in [-0.2, -0.15) is 0 Å². The number of rotatable bonds is 4. The molecule has 1 amide bonds. The number of esters is 1. The van der Waals surface area contributed by atoms with Crippen LogP contribution in [0.4, 0.5) is 5.69 Å². The van der Waals surface area contributed by atoms with Crippen molar-refractivity contribution in [2.24, 2.45) is 0 Å². The molecule has 0 unspecified atom stereocenters. The zero-order chi connectivity index (χ0) is 17.0. The number of anilines is 1. The fraction of sp³-hybridized carbons (Fsp3) is 0.200. The Morgan fingerprint density at radius 1 is 1.22 bits per heavy atom. The first-order chi connectivity index (χ1) is 10.9. The van der Waals surface area contributed by atoms with Crippen LogP contribution in [0, 0.1) is 6.92 Å². The number of carbonyl (C=O) groups excluding carboxylic acids is 2. The Hall–Kier alpha value is -2.18. The van der Waals surface area contributed by atoms with Crippen LogP contribution in [0.2, 0.25) is 10.0 Å². The zero-order valence-corrected chi connectivity index (χ0v) is 13.9. The number of aromatic nitrogens is 2. The van der Waals surface area contributed by atoms with E-state index in [1.807, 2.05) is 0 Å². The van der Waals surface area contributed by atoms with Crippen LogP contribution in [0.1, 0.15) is 23.1 Å².